The van der Waals surface area contributed by atoms with Gasteiger partial charge in [0.05, 0.1) is 13.2 Å². The molecular weight excluding hydrogens is 276 g/mol. The Morgan fingerprint density at radius 2 is 1.86 bits per heavy atom. The van der Waals surface area contributed by atoms with Crippen molar-refractivity contribution in [2.75, 3.05) is 32.8 Å². The molecule has 0 aliphatic carbocycles. The highest BCUT2D eigenvalue weighted by atomic mass is 16.5. The molecular formula is C18H28N2O2. The third-order valence-corrected chi connectivity index (χ3v) is 4.12. The molecule has 4 heteroatoms. The summed E-state index contributed by atoms with van der Waals surface area (Å²) in [6, 6.07) is 8.11. The second kappa shape index (κ2) is 8.30. The summed E-state index contributed by atoms with van der Waals surface area (Å²) in [5.41, 5.74) is 1.90. The molecule has 1 unspecified atom stereocenters. The maximum atomic E-state index is 12.3. The zero-order valence-electron chi connectivity index (χ0n) is 14.0. The van der Waals surface area contributed by atoms with E-state index >= 15 is 0 Å². The average Bonchev–Trinajstić information content (AvgIpc) is 2.52. The molecule has 0 saturated carbocycles. The molecule has 1 atom stereocenters. The monoisotopic (exact) mass is 304 g/mol. The summed E-state index contributed by atoms with van der Waals surface area (Å²) < 4.78 is 5.43. The molecule has 1 aromatic rings. The number of aryl methyl sites for hydroxylation is 1. The second-order valence-corrected chi connectivity index (χ2v) is 6.51. The number of morpholine rings is 1. The zero-order valence-corrected chi connectivity index (χ0v) is 14.0. The largest absolute Gasteiger partial charge is 0.379 e. The molecule has 4 nitrogen and oxygen atoms in total. The number of nitrogens with zero attached hydrogens (tertiary/aromatic N) is 1. The van der Waals surface area contributed by atoms with Gasteiger partial charge in [0.25, 0.3) is 5.91 Å². The molecule has 1 aliphatic rings. The highest BCUT2D eigenvalue weighted by Crippen LogP contribution is 2.13. The molecule has 0 spiro atoms. The first-order chi connectivity index (χ1) is 10.6. The first kappa shape index (κ1) is 17.0. The summed E-state index contributed by atoms with van der Waals surface area (Å²) in [6.07, 6.45) is 1.09. The molecule has 1 aromatic carbocycles. The molecule has 1 N–H and O–H groups in total. The van der Waals surface area contributed by atoms with Crippen LogP contribution in [0.5, 0.6) is 0 Å². The van der Waals surface area contributed by atoms with E-state index in [0.717, 1.165) is 38.3 Å². The van der Waals surface area contributed by atoms with Crippen LogP contribution in [0.1, 0.15) is 36.2 Å². The minimum absolute atomic E-state index is 0.0158. The van der Waals surface area contributed by atoms with E-state index in [4.69, 9.17) is 4.74 Å². The number of carbonyl (C=O) groups excluding carboxylic acids is 1. The first-order valence-corrected chi connectivity index (χ1v) is 8.23. The fraction of sp³-hybridized carbons (Fsp3) is 0.611. The van der Waals surface area contributed by atoms with Gasteiger partial charge in [-0.05, 0) is 31.4 Å². The second-order valence-electron chi connectivity index (χ2n) is 6.51. The van der Waals surface area contributed by atoms with E-state index in [9.17, 15) is 4.79 Å². The zero-order chi connectivity index (χ0) is 15.9. The van der Waals surface area contributed by atoms with Gasteiger partial charge in [0, 0.05) is 31.2 Å². The number of amides is 1. The Bertz CT molecular complexity index is 464. The van der Waals surface area contributed by atoms with Crippen molar-refractivity contribution in [3.63, 3.8) is 0 Å². The van der Waals surface area contributed by atoms with Gasteiger partial charge in [0.15, 0.2) is 0 Å². The topological polar surface area (TPSA) is 41.6 Å². The van der Waals surface area contributed by atoms with Crippen LogP contribution in [0.3, 0.4) is 0 Å². The van der Waals surface area contributed by atoms with Gasteiger partial charge in [0.2, 0.25) is 0 Å². The van der Waals surface area contributed by atoms with Gasteiger partial charge < -0.3 is 10.1 Å². The fourth-order valence-electron chi connectivity index (χ4n) is 2.87. The Kier molecular flexibility index (Phi) is 6.40. The van der Waals surface area contributed by atoms with Gasteiger partial charge in [0.1, 0.15) is 0 Å². The van der Waals surface area contributed by atoms with Crippen LogP contribution in [0.25, 0.3) is 0 Å². The molecule has 2 rings (SSSR count). The van der Waals surface area contributed by atoms with Gasteiger partial charge in [-0.15, -0.1) is 0 Å². The smallest absolute Gasteiger partial charge is 0.251 e. The summed E-state index contributed by atoms with van der Waals surface area (Å²) in [6.45, 7) is 10.7. The summed E-state index contributed by atoms with van der Waals surface area (Å²) in [5, 5.41) is 3.10. The van der Waals surface area contributed by atoms with E-state index in [1.54, 1.807) is 0 Å². The van der Waals surface area contributed by atoms with Crippen molar-refractivity contribution in [3.05, 3.63) is 35.4 Å². The summed E-state index contributed by atoms with van der Waals surface area (Å²) in [4.78, 5) is 14.7. The Balaban J connectivity index is 1.91. The predicted octanol–water partition coefficient (Wildman–Crippen LogP) is 2.47. The van der Waals surface area contributed by atoms with Gasteiger partial charge in [-0.3, -0.25) is 9.69 Å². The number of hydrogen-bond donors (Lipinski definition) is 1. The van der Waals surface area contributed by atoms with Crippen molar-refractivity contribution >= 4 is 5.91 Å². The Labute approximate surface area is 133 Å². The van der Waals surface area contributed by atoms with E-state index in [1.807, 2.05) is 31.2 Å². The van der Waals surface area contributed by atoms with Crippen molar-refractivity contribution in [2.45, 2.75) is 33.2 Å². The average molecular weight is 304 g/mol. The normalized spacial score (nSPS) is 17.5. The molecule has 122 valence electrons. The Morgan fingerprint density at radius 3 is 2.45 bits per heavy atom. The highest BCUT2D eigenvalue weighted by Gasteiger charge is 2.22. The molecule has 1 heterocycles. The van der Waals surface area contributed by atoms with Crippen LogP contribution in [0.2, 0.25) is 0 Å². The van der Waals surface area contributed by atoms with E-state index in [-0.39, 0.29) is 5.91 Å². The van der Waals surface area contributed by atoms with E-state index in [0.29, 0.717) is 18.5 Å². The minimum Gasteiger partial charge on any atom is -0.379 e. The van der Waals surface area contributed by atoms with Crippen LogP contribution >= 0.6 is 0 Å². The SMILES string of the molecule is Cc1ccc(C(=O)NCC(CC(C)C)N2CCOCC2)cc1. The first-order valence-electron chi connectivity index (χ1n) is 8.23. The van der Waals surface area contributed by atoms with Crippen LogP contribution in [0.15, 0.2) is 24.3 Å². The number of carbonyl (C=O) groups is 1. The Morgan fingerprint density at radius 1 is 1.23 bits per heavy atom. The lowest BCUT2D eigenvalue weighted by molar-refractivity contribution is 0.0124. The van der Waals surface area contributed by atoms with E-state index < -0.39 is 0 Å². The fourth-order valence-corrected chi connectivity index (χ4v) is 2.87. The number of ether oxygens (including phenoxy) is 1. The van der Waals surface area contributed by atoms with Gasteiger partial charge in [-0.1, -0.05) is 31.5 Å². The molecule has 1 saturated heterocycles. The van der Waals surface area contributed by atoms with Crippen molar-refractivity contribution in [3.8, 4) is 0 Å². The van der Waals surface area contributed by atoms with Gasteiger partial charge in [-0.2, -0.15) is 0 Å². The number of benzene rings is 1. The van der Waals surface area contributed by atoms with Crippen LogP contribution < -0.4 is 5.32 Å². The molecule has 1 fully saturated rings. The van der Waals surface area contributed by atoms with Crippen molar-refractivity contribution in [1.82, 2.24) is 10.2 Å². The van der Waals surface area contributed by atoms with E-state index in [2.05, 4.69) is 24.1 Å². The van der Waals surface area contributed by atoms with Crippen molar-refractivity contribution < 1.29 is 9.53 Å². The molecule has 1 amide bonds. The maximum Gasteiger partial charge on any atom is 0.251 e. The quantitative estimate of drug-likeness (QED) is 0.878. The van der Waals surface area contributed by atoms with Crippen molar-refractivity contribution in [1.29, 1.82) is 0 Å². The van der Waals surface area contributed by atoms with Crippen LogP contribution in [-0.4, -0.2) is 49.7 Å². The molecule has 0 bridgehead atoms. The highest BCUT2D eigenvalue weighted by molar-refractivity contribution is 5.94. The lowest BCUT2D eigenvalue weighted by atomic mass is 10.0. The lowest BCUT2D eigenvalue weighted by Gasteiger charge is -2.35. The molecule has 1 aliphatic heterocycles. The third kappa shape index (κ3) is 5.11. The Hall–Kier alpha value is -1.39. The molecule has 22 heavy (non-hydrogen) atoms. The standard InChI is InChI=1S/C18H28N2O2/c1-14(2)12-17(20-8-10-22-11-9-20)13-19-18(21)16-6-4-15(3)5-7-16/h4-7,14,17H,8-13H2,1-3H3,(H,19,21). The van der Waals surface area contributed by atoms with E-state index in [1.165, 1.54) is 5.56 Å². The van der Waals surface area contributed by atoms with Crippen LogP contribution in [0, 0.1) is 12.8 Å². The molecule has 0 aromatic heterocycles. The molecule has 0 radical (unpaired) electrons. The summed E-state index contributed by atoms with van der Waals surface area (Å²) >= 11 is 0. The van der Waals surface area contributed by atoms with Crippen molar-refractivity contribution in [2.24, 2.45) is 5.92 Å². The predicted molar refractivity (Wildman–Crippen MR) is 89.1 cm³/mol. The maximum absolute atomic E-state index is 12.3. The lowest BCUT2D eigenvalue weighted by Crippen LogP contribution is -2.49. The number of nitrogens with one attached hydrogen (secondary N) is 1. The van der Waals surface area contributed by atoms with Gasteiger partial charge in [-0.25, -0.2) is 0 Å². The number of rotatable bonds is 6. The summed E-state index contributed by atoms with van der Waals surface area (Å²) in [7, 11) is 0. The summed E-state index contributed by atoms with van der Waals surface area (Å²) in [5.74, 6) is 0.631. The third-order valence-electron chi connectivity index (χ3n) is 4.12. The number of hydrogen-bond acceptors (Lipinski definition) is 3. The minimum atomic E-state index is 0.0158. The van der Waals surface area contributed by atoms with Gasteiger partial charge >= 0.3 is 0 Å². The van der Waals surface area contributed by atoms with Crippen LogP contribution in [0.4, 0.5) is 0 Å². The van der Waals surface area contributed by atoms with Crippen LogP contribution in [-0.2, 0) is 4.74 Å².